The molecule has 7 nitrogen and oxygen atoms in total. The summed E-state index contributed by atoms with van der Waals surface area (Å²) in [4.78, 5) is 20.3. The predicted octanol–water partition coefficient (Wildman–Crippen LogP) is 4.36. The van der Waals surface area contributed by atoms with Crippen molar-refractivity contribution in [2.45, 2.75) is 25.4 Å². The lowest BCUT2D eigenvalue weighted by Gasteiger charge is -2.31. The van der Waals surface area contributed by atoms with Gasteiger partial charge in [0.25, 0.3) is 5.19 Å². The molecule has 0 aliphatic carbocycles. The lowest BCUT2D eigenvalue weighted by molar-refractivity contribution is 0.0975. The van der Waals surface area contributed by atoms with Gasteiger partial charge in [0.1, 0.15) is 11.9 Å². The Bertz CT molecular complexity index is 1080. The summed E-state index contributed by atoms with van der Waals surface area (Å²) in [5.74, 6) is 1.50. The molecule has 0 saturated carbocycles. The molecular formula is C23H23N5O2S. The zero-order valence-corrected chi connectivity index (χ0v) is 17.9. The van der Waals surface area contributed by atoms with E-state index in [1.807, 2.05) is 30.3 Å². The number of likely N-dealkylation sites (tertiary alicyclic amines) is 1. The van der Waals surface area contributed by atoms with Gasteiger partial charge in [-0.25, -0.2) is 15.0 Å². The molecule has 0 spiro atoms. The third kappa shape index (κ3) is 5.15. The fourth-order valence-corrected chi connectivity index (χ4v) is 4.39. The number of hydrogen-bond donors (Lipinski definition) is 0. The minimum atomic E-state index is 0.260. The number of fused-ring (bicyclic) bond motifs is 1. The molecular weight excluding hydrogens is 410 g/mol. The Morgan fingerprint density at radius 3 is 2.55 bits per heavy atom. The van der Waals surface area contributed by atoms with Crippen LogP contribution in [-0.4, -0.2) is 50.6 Å². The third-order valence-electron chi connectivity index (χ3n) is 5.33. The first-order chi connectivity index (χ1) is 15.3. The second-order valence-electron chi connectivity index (χ2n) is 7.49. The van der Waals surface area contributed by atoms with Crippen molar-refractivity contribution in [3.63, 3.8) is 0 Å². The third-order valence-corrected chi connectivity index (χ3v) is 6.16. The molecule has 8 heteroatoms. The number of rotatable bonds is 7. The van der Waals surface area contributed by atoms with Gasteiger partial charge < -0.3 is 14.4 Å². The Kier molecular flexibility index (Phi) is 5.99. The lowest BCUT2D eigenvalue weighted by atomic mass is 10.1. The quantitative estimate of drug-likeness (QED) is 0.429. The maximum atomic E-state index is 5.98. The normalized spacial score (nSPS) is 15.2. The van der Waals surface area contributed by atoms with Crippen molar-refractivity contribution in [1.29, 1.82) is 0 Å². The van der Waals surface area contributed by atoms with E-state index in [9.17, 15) is 0 Å². The first kappa shape index (κ1) is 19.8. The number of aromatic nitrogens is 4. The number of nitrogens with zero attached hydrogens (tertiary/aromatic N) is 5. The highest BCUT2D eigenvalue weighted by Crippen LogP contribution is 2.29. The van der Waals surface area contributed by atoms with Crippen LogP contribution in [0.4, 0.5) is 0 Å². The lowest BCUT2D eigenvalue weighted by Crippen LogP contribution is -2.39. The van der Waals surface area contributed by atoms with Crippen molar-refractivity contribution in [1.82, 2.24) is 24.8 Å². The Balaban J connectivity index is 1.08. The summed E-state index contributed by atoms with van der Waals surface area (Å²) >= 11 is 1.40. The maximum absolute atomic E-state index is 5.98. The molecule has 1 aromatic carbocycles. The molecule has 3 aromatic heterocycles. The summed E-state index contributed by atoms with van der Waals surface area (Å²) in [6.07, 6.45) is 8.42. The maximum Gasteiger partial charge on any atom is 0.282 e. The second kappa shape index (κ2) is 9.36. The number of thiazole rings is 1. The molecule has 0 unspecified atom stereocenters. The van der Waals surface area contributed by atoms with Crippen LogP contribution in [0.25, 0.3) is 10.5 Å². The van der Waals surface area contributed by atoms with Crippen LogP contribution in [-0.2, 0) is 6.42 Å². The van der Waals surface area contributed by atoms with Crippen LogP contribution < -0.4 is 9.47 Å². The Morgan fingerprint density at radius 1 is 0.935 bits per heavy atom. The molecule has 1 saturated heterocycles. The second-order valence-corrected chi connectivity index (χ2v) is 8.43. The van der Waals surface area contributed by atoms with Crippen molar-refractivity contribution < 1.29 is 9.47 Å². The molecule has 158 valence electrons. The van der Waals surface area contributed by atoms with Gasteiger partial charge in [0.05, 0.1) is 0 Å². The summed E-state index contributed by atoms with van der Waals surface area (Å²) in [7, 11) is 0. The van der Waals surface area contributed by atoms with E-state index >= 15 is 0 Å². The van der Waals surface area contributed by atoms with Gasteiger partial charge in [0.15, 0.2) is 10.5 Å². The van der Waals surface area contributed by atoms with Crippen molar-refractivity contribution in [2.24, 2.45) is 0 Å². The predicted molar refractivity (Wildman–Crippen MR) is 120 cm³/mol. The molecule has 0 atom stereocenters. The highest BCUT2D eigenvalue weighted by atomic mass is 32.1. The number of hydrogen-bond acceptors (Lipinski definition) is 8. The van der Waals surface area contributed by atoms with Gasteiger partial charge in [-0.2, -0.15) is 4.98 Å². The summed E-state index contributed by atoms with van der Waals surface area (Å²) < 4.78 is 11.9. The molecule has 1 aliphatic heterocycles. The summed E-state index contributed by atoms with van der Waals surface area (Å²) in [6, 6.07) is 14.0. The first-order valence-electron chi connectivity index (χ1n) is 10.5. The molecule has 1 aliphatic rings. The molecule has 5 rings (SSSR count). The van der Waals surface area contributed by atoms with Gasteiger partial charge in [-0.1, -0.05) is 29.5 Å². The Hall–Kier alpha value is -3.10. The van der Waals surface area contributed by atoms with Crippen molar-refractivity contribution in [3.8, 4) is 16.8 Å². The first-order valence-corrected chi connectivity index (χ1v) is 11.3. The van der Waals surface area contributed by atoms with E-state index < -0.39 is 0 Å². The fourth-order valence-electron chi connectivity index (χ4n) is 3.65. The molecule has 4 aromatic rings. The molecule has 0 N–H and O–H groups in total. The van der Waals surface area contributed by atoms with Crippen molar-refractivity contribution in [2.75, 3.05) is 19.6 Å². The molecule has 0 bridgehead atoms. The minimum Gasteiger partial charge on any atom is -0.474 e. The van der Waals surface area contributed by atoms with E-state index in [2.05, 4.69) is 37.0 Å². The molecule has 0 radical (unpaired) electrons. The van der Waals surface area contributed by atoms with Gasteiger partial charge in [-0.3, -0.25) is 0 Å². The van der Waals surface area contributed by atoms with Crippen LogP contribution >= 0.6 is 11.3 Å². The summed E-state index contributed by atoms with van der Waals surface area (Å²) in [5.41, 5.74) is 1.92. The molecule has 1 fully saturated rings. The van der Waals surface area contributed by atoms with E-state index in [4.69, 9.17) is 9.47 Å². The van der Waals surface area contributed by atoms with Crippen LogP contribution in [0, 0.1) is 0 Å². The van der Waals surface area contributed by atoms with E-state index in [-0.39, 0.29) is 6.10 Å². The summed E-state index contributed by atoms with van der Waals surface area (Å²) in [6.45, 7) is 3.16. The highest BCUT2D eigenvalue weighted by molar-refractivity contribution is 7.19. The van der Waals surface area contributed by atoms with Crippen LogP contribution in [0.2, 0.25) is 0 Å². The number of pyridine rings is 1. The van der Waals surface area contributed by atoms with E-state index in [0.29, 0.717) is 10.8 Å². The molecule has 4 heterocycles. The van der Waals surface area contributed by atoms with Gasteiger partial charge in [-0.15, -0.1) is 0 Å². The van der Waals surface area contributed by atoms with Crippen LogP contribution in [0.5, 0.6) is 16.8 Å². The van der Waals surface area contributed by atoms with Gasteiger partial charge in [0.2, 0.25) is 5.88 Å². The Morgan fingerprint density at radius 2 is 1.77 bits per heavy atom. The zero-order chi connectivity index (χ0) is 20.9. The van der Waals surface area contributed by atoms with Gasteiger partial charge in [0, 0.05) is 44.3 Å². The van der Waals surface area contributed by atoms with Gasteiger partial charge >= 0.3 is 0 Å². The van der Waals surface area contributed by atoms with Gasteiger partial charge in [-0.05, 0) is 43.0 Å². The smallest absolute Gasteiger partial charge is 0.282 e. The van der Waals surface area contributed by atoms with Crippen LogP contribution in [0.3, 0.4) is 0 Å². The standard InChI is InChI=1S/C23H23N5O2S/c1-2-11-24-20(3-1)29-19-9-15-28(16-10-19)14-8-17-4-6-18(7-5-17)30-23-27-21-22(31-23)26-13-12-25-21/h1-7,11-13,19H,8-10,14-16H2. The van der Waals surface area contributed by atoms with Crippen LogP contribution in [0.1, 0.15) is 18.4 Å². The number of benzene rings is 1. The number of ether oxygens (including phenoxy) is 2. The average molecular weight is 434 g/mol. The Labute approximate surface area is 184 Å². The number of piperidine rings is 1. The molecule has 0 amide bonds. The van der Waals surface area contributed by atoms with Crippen LogP contribution in [0.15, 0.2) is 61.1 Å². The van der Waals surface area contributed by atoms with Crippen molar-refractivity contribution in [3.05, 3.63) is 66.6 Å². The largest absolute Gasteiger partial charge is 0.474 e. The average Bonchev–Trinajstić information content (AvgIpc) is 3.23. The topological polar surface area (TPSA) is 73.3 Å². The monoisotopic (exact) mass is 433 g/mol. The minimum absolute atomic E-state index is 0.260. The van der Waals surface area contributed by atoms with Crippen molar-refractivity contribution >= 4 is 21.8 Å². The summed E-state index contributed by atoms with van der Waals surface area (Å²) in [5, 5.41) is 0.560. The molecule has 31 heavy (non-hydrogen) atoms. The fraction of sp³-hybridized carbons (Fsp3) is 0.304. The van der Waals surface area contributed by atoms with E-state index in [1.54, 1.807) is 18.6 Å². The van der Waals surface area contributed by atoms with E-state index in [1.165, 1.54) is 16.9 Å². The zero-order valence-electron chi connectivity index (χ0n) is 17.1. The highest BCUT2D eigenvalue weighted by Gasteiger charge is 2.20. The van der Waals surface area contributed by atoms with E-state index in [0.717, 1.165) is 55.4 Å². The SMILES string of the molecule is c1ccc(OC2CCN(CCc3ccc(Oc4nc5nccnc5s4)cc3)CC2)nc1.